The fourth-order valence-corrected chi connectivity index (χ4v) is 6.46. The van der Waals surface area contributed by atoms with E-state index in [9.17, 15) is 18.0 Å². The monoisotopic (exact) mass is 665 g/mol. The number of nitrogens with one attached hydrogen (secondary N) is 2. The molecule has 2 aliphatic rings. The first-order valence-electron chi connectivity index (χ1n) is 13.3. The van der Waals surface area contributed by atoms with Gasteiger partial charge in [0.25, 0.3) is 0 Å². The number of aromatic nitrogens is 2. The van der Waals surface area contributed by atoms with Crippen molar-refractivity contribution in [1.29, 1.82) is 0 Å². The van der Waals surface area contributed by atoms with E-state index in [1.165, 1.54) is 42.9 Å². The minimum absolute atomic E-state index is 0.0785. The van der Waals surface area contributed by atoms with Crippen LogP contribution >= 0.6 is 23.2 Å². The fraction of sp³-hybridized carbons (Fsp3) is 0.333. The molecule has 2 aliphatic heterocycles. The van der Waals surface area contributed by atoms with Gasteiger partial charge in [0.1, 0.15) is 51.9 Å². The molecule has 44 heavy (non-hydrogen) atoms. The molecule has 1 fully saturated rings. The second kappa shape index (κ2) is 12.5. The molecule has 17 heteroatoms. The number of ether oxygens (including phenoxy) is 3. The SMILES string of the molecule is CCS(=O)(=O)N1CC(=O)N2c3ccc(Nc4cc(N(C)C(=O)Nc5c(Cl)c(OC)cc(OC)c5Cl)ncn4)cc3OC[C@H]2C1. The van der Waals surface area contributed by atoms with Crippen molar-refractivity contribution in [2.75, 3.05) is 67.1 Å². The van der Waals surface area contributed by atoms with Crippen molar-refractivity contribution in [1.82, 2.24) is 14.3 Å². The van der Waals surface area contributed by atoms with E-state index in [0.29, 0.717) is 22.9 Å². The number of anilines is 5. The molecular formula is C27H29Cl2N7O7S. The first-order chi connectivity index (χ1) is 21.0. The van der Waals surface area contributed by atoms with Crippen LogP contribution in [0.1, 0.15) is 6.92 Å². The smallest absolute Gasteiger partial charge is 0.327 e. The Balaban J connectivity index is 1.31. The number of rotatable bonds is 8. The molecule has 0 unspecified atom stereocenters. The number of benzene rings is 2. The van der Waals surface area contributed by atoms with Crippen molar-refractivity contribution in [2.24, 2.45) is 0 Å². The molecule has 0 bridgehead atoms. The topological polar surface area (TPSA) is 156 Å². The van der Waals surface area contributed by atoms with Crippen LogP contribution in [0.25, 0.3) is 0 Å². The number of hydrogen-bond donors (Lipinski definition) is 2. The van der Waals surface area contributed by atoms with Gasteiger partial charge in [0.05, 0.1) is 43.9 Å². The Morgan fingerprint density at radius 1 is 1.14 bits per heavy atom. The summed E-state index contributed by atoms with van der Waals surface area (Å²) in [4.78, 5) is 37.4. The molecule has 1 aromatic heterocycles. The van der Waals surface area contributed by atoms with Gasteiger partial charge in [-0.15, -0.1) is 0 Å². The lowest BCUT2D eigenvalue weighted by Crippen LogP contribution is -2.61. The van der Waals surface area contributed by atoms with Crippen molar-refractivity contribution in [3.63, 3.8) is 0 Å². The Bertz CT molecular complexity index is 1700. The number of fused-ring (bicyclic) bond motifs is 3. The predicted molar refractivity (Wildman–Crippen MR) is 167 cm³/mol. The zero-order valence-corrected chi connectivity index (χ0v) is 26.5. The van der Waals surface area contributed by atoms with Gasteiger partial charge in [0.15, 0.2) is 0 Å². The highest BCUT2D eigenvalue weighted by Gasteiger charge is 2.41. The molecular weight excluding hydrogens is 637 g/mol. The van der Waals surface area contributed by atoms with Crippen LogP contribution in [0.3, 0.4) is 0 Å². The average Bonchev–Trinajstić information content (AvgIpc) is 3.02. The minimum atomic E-state index is -3.51. The molecule has 3 aromatic rings. The lowest BCUT2D eigenvalue weighted by molar-refractivity contribution is -0.121. The van der Waals surface area contributed by atoms with E-state index in [1.807, 2.05) is 0 Å². The number of hydrogen-bond acceptors (Lipinski definition) is 10. The van der Waals surface area contributed by atoms with E-state index in [-0.39, 0.29) is 64.4 Å². The summed E-state index contributed by atoms with van der Waals surface area (Å²) in [5.41, 5.74) is 1.26. The number of carbonyl (C=O) groups excluding carboxylic acids is 2. The van der Waals surface area contributed by atoms with Gasteiger partial charge in [-0.3, -0.25) is 14.6 Å². The number of carbonyl (C=O) groups is 2. The Kier molecular flexibility index (Phi) is 8.92. The predicted octanol–water partition coefficient (Wildman–Crippen LogP) is 3.97. The Hall–Kier alpha value is -4.05. The molecule has 3 heterocycles. The summed E-state index contributed by atoms with van der Waals surface area (Å²) in [6.07, 6.45) is 1.29. The number of nitrogens with zero attached hydrogens (tertiary/aromatic N) is 5. The van der Waals surface area contributed by atoms with E-state index in [4.69, 9.17) is 37.4 Å². The maximum Gasteiger partial charge on any atom is 0.327 e. The van der Waals surface area contributed by atoms with Crippen molar-refractivity contribution in [3.05, 3.63) is 46.7 Å². The fourth-order valence-electron chi connectivity index (χ4n) is 4.79. The van der Waals surface area contributed by atoms with Crippen LogP contribution in [0.15, 0.2) is 36.7 Å². The summed E-state index contributed by atoms with van der Waals surface area (Å²) in [5.74, 6) is 1.21. The van der Waals surface area contributed by atoms with E-state index in [1.54, 1.807) is 36.1 Å². The number of methoxy groups -OCH3 is 2. The normalized spacial score (nSPS) is 16.4. The molecule has 1 atom stereocenters. The molecule has 0 aliphatic carbocycles. The summed E-state index contributed by atoms with van der Waals surface area (Å²) in [6.45, 7) is 1.63. The van der Waals surface area contributed by atoms with Crippen molar-refractivity contribution >= 4 is 73.9 Å². The van der Waals surface area contributed by atoms with Gasteiger partial charge >= 0.3 is 6.03 Å². The summed E-state index contributed by atoms with van der Waals surface area (Å²) in [5, 5.41) is 6.01. The van der Waals surface area contributed by atoms with Gasteiger partial charge in [-0.05, 0) is 19.1 Å². The van der Waals surface area contributed by atoms with E-state index >= 15 is 0 Å². The van der Waals surface area contributed by atoms with Crippen molar-refractivity contribution in [2.45, 2.75) is 13.0 Å². The second-order valence-corrected chi connectivity index (χ2v) is 12.8. The highest BCUT2D eigenvalue weighted by molar-refractivity contribution is 7.89. The highest BCUT2D eigenvalue weighted by Crippen LogP contribution is 2.44. The van der Waals surface area contributed by atoms with Crippen LogP contribution in [-0.4, -0.2) is 87.4 Å². The number of sulfonamides is 1. The molecule has 14 nitrogen and oxygen atoms in total. The lowest BCUT2D eigenvalue weighted by Gasteiger charge is -2.43. The van der Waals surface area contributed by atoms with Crippen LogP contribution in [-0.2, 0) is 14.8 Å². The van der Waals surface area contributed by atoms with Gasteiger partial charge in [-0.2, -0.15) is 4.31 Å². The average molecular weight is 667 g/mol. The Morgan fingerprint density at radius 2 is 1.84 bits per heavy atom. The largest absolute Gasteiger partial charge is 0.495 e. The number of piperazine rings is 1. The van der Waals surface area contributed by atoms with Gasteiger partial charge in [0.2, 0.25) is 15.9 Å². The quantitative estimate of drug-likeness (QED) is 0.361. The summed E-state index contributed by atoms with van der Waals surface area (Å²) >= 11 is 12.8. The summed E-state index contributed by atoms with van der Waals surface area (Å²) in [7, 11) is 0.852. The number of halogens is 2. The number of urea groups is 1. The minimum Gasteiger partial charge on any atom is -0.495 e. The second-order valence-electron chi connectivity index (χ2n) is 9.76. The zero-order valence-electron chi connectivity index (χ0n) is 24.1. The van der Waals surface area contributed by atoms with E-state index < -0.39 is 22.1 Å². The van der Waals surface area contributed by atoms with Gasteiger partial charge in [0, 0.05) is 37.5 Å². The van der Waals surface area contributed by atoms with E-state index in [2.05, 4.69) is 20.6 Å². The maximum atomic E-state index is 13.1. The maximum absolute atomic E-state index is 13.1. The standard InChI is InChI=1S/C27H29Cl2N7O7S/c1-5-44(39,40)35-11-16-13-43-18-8-15(6-7-17(18)36(16)23(37)12-35)32-21-10-22(31-14-30-21)34(2)27(38)33-26-24(28)19(41-3)9-20(42-4)25(26)29/h6-10,14,16H,5,11-13H2,1-4H3,(H,33,38)(H,30,31,32)/t16-/m1/s1. The number of amides is 3. The first kappa shape index (κ1) is 31.4. The van der Waals surface area contributed by atoms with Crippen LogP contribution in [0.5, 0.6) is 17.2 Å². The first-order valence-corrected chi connectivity index (χ1v) is 15.6. The molecule has 5 rings (SSSR count). The third-order valence-electron chi connectivity index (χ3n) is 7.15. The lowest BCUT2D eigenvalue weighted by atomic mass is 10.1. The molecule has 0 spiro atoms. The zero-order chi connectivity index (χ0) is 31.8. The van der Waals surface area contributed by atoms with Crippen LogP contribution < -0.4 is 34.6 Å². The van der Waals surface area contributed by atoms with Crippen molar-refractivity contribution < 1.29 is 32.2 Å². The van der Waals surface area contributed by atoms with E-state index in [0.717, 1.165) is 0 Å². The molecule has 2 aromatic carbocycles. The highest BCUT2D eigenvalue weighted by atomic mass is 35.5. The molecule has 0 saturated carbocycles. The van der Waals surface area contributed by atoms with Gasteiger partial charge in [-0.1, -0.05) is 23.2 Å². The molecule has 0 radical (unpaired) electrons. The Labute approximate surface area is 263 Å². The van der Waals surface area contributed by atoms with Crippen LogP contribution in [0.2, 0.25) is 10.0 Å². The van der Waals surface area contributed by atoms with Crippen LogP contribution in [0.4, 0.5) is 33.5 Å². The molecule has 3 amide bonds. The van der Waals surface area contributed by atoms with Gasteiger partial charge < -0.3 is 24.8 Å². The third kappa shape index (κ3) is 6.00. The third-order valence-corrected chi connectivity index (χ3v) is 9.69. The summed E-state index contributed by atoms with van der Waals surface area (Å²) < 4.78 is 42.3. The van der Waals surface area contributed by atoms with Gasteiger partial charge in [-0.25, -0.2) is 23.2 Å². The molecule has 1 saturated heterocycles. The van der Waals surface area contributed by atoms with Crippen molar-refractivity contribution in [3.8, 4) is 17.2 Å². The summed E-state index contributed by atoms with van der Waals surface area (Å²) in [6, 6.07) is 7.22. The molecule has 2 N–H and O–H groups in total. The molecule has 234 valence electrons. The Morgan fingerprint density at radius 3 is 2.50 bits per heavy atom. The van der Waals surface area contributed by atoms with Crippen LogP contribution in [0, 0.1) is 0 Å².